The van der Waals surface area contributed by atoms with Crippen molar-refractivity contribution in [2.45, 2.75) is 20.8 Å². The number of hydrogen-bond acceptors (Lipinski definition) is 4. The number of carbonyl (C=O) groups excluding carboxylic acids is 1. The molecule has 5 heteroatoms. The van der Waals surface area contributed by atoms with Crippen LogP contribution in [-0.4, -0.2) is 31.2 Å². The predicted molar refractivity (Wildman–Crippen MR) is 73.4 cm³/mol. The molecule has 0 radical (unpaired) electrons. The third kappa shape index (κ3) is 2.92. The molecule has 0 saturated heterocycles. The maximum absolute atomic E-state index is 12.4. The zero-order valence-electron chi connectivity index (χ0n) is 11.8. The van der Waals surface area contributed by atoms with Gasteiger partial charge in [0.1, 0.15) is 0 Å². The summed E-state index contributed by atoms with van der Waals surface area (Å²) < 4.78 is 10.5. The van der Waals surface area contributed by atoms with Gasteiger partial charge in [-0.1, -0.05) is 20.8 Å². The number of amides is 1. The number of carbonyl (C=O) groups is 1. The lowest BCUT2D eigenvalue weighted by Crippen LogP contribution is -2.34. The van der Waals surface area contributed by atoms with Gasteiger partial charge in [0.05, 0.1) is 5.56 Å². The van der Waals surface area contributed by atoms with E-state index in [4.69, 9.17) is 15.2 Å². The largest absolute Gasteiger partial charge is 0.454 e. The monoisotopic (exact) mass is 264 g/mol. The Hall–Kier alpha value is -1.91. The highest BCUT2D eigenvalue weighted by atomic mass is 16.7. The van der Waals surface area contributed by atoms with E-state index < -0.39 is 0 Å². The van der Waals surface area contributed by atoms with Gasteiger partial charge >= 0.3 is 0 Å². The predicted octanol–water partition coefficient (Wildman–Crippen LogP) is 2.12. The van der Waals surface area contributed by atoms with Crippen LogP contribution in [0.15, 0.2) is 12.1 Å². The Morgan fingerprint density at radius 3 is 2.47 bits per heavy atom. The Morgan fingerprint density at radius 2 is 1.89 bits per heavy atom. The molecule has 19 heavy (non-hydrogen) atoms. The number of nitrogen functional groups attached to an aromatic ring is 1. The normalized spacial score (nSPS) is 13.5. The maximum atomic E-state index is 12.4. The summed E-state index contributed by atoms with van der Waals surface area (Å²) in [7, 11) is 1.78. The fraction of sp³-hybridized carbons (Fsp3) is 0.500. The number of benzene rings is 1. The van der Waals surface area contributed by atoms with E-state index in [-0.39, 0.29) is 18.1 Å². The molecule has 0 fully saturated rings. The van der Waals surface area contributed by atoms with E-state index in [9.17, 15) is 4.79 Å². The van der Waals surface area contributed by atoms with Gasteiger partial charge in [0, 0.05) is 25.3 Å². The zero-order valence-corrected chi connectivity index (χ0v) is 11.8. The zero-order chi connectivity index (χ0) is 14.2. The lowest BCUT2D eigenvalue weighted by Gasteiger charge is -2.27. The summed E-state index contributed by atoms with van der Waals surface area (Å²) in [5, 5.41) is 0. The summed E-state index contributed by atoms with van der Waals surface area (Å²) in [6.45, 7) is 7.07. The fourth-order valence-corrected chi connectivity index (χ4v) is 2.13. The van der Waals surface area contributed by atoms with E-state index in [1.165, 1.54) is 0 Å². The second-order valence-electron chi connectivity index (χ2n) is 6.01. The average molecular weight is 264 g/mol. The molecule has 0 atom stereocenters. The number of rotatable bonds is 2. The van der Waals surface area contributed by atoms with E-state index >= 15 is 0 Å². The molecule has 0 unspecified atom stereocenters. The maximum Gasteiger partial charge on any atom is 0.255 e. The number of hydrogen-bond donors (Lipinski definition) is 1. The molecule has 2 rings (SSSR count). The van der Waals surface area contributed by atoms with Gasteiger partial charge in [0.25, 0.3) is 5.91 Å². The topological polar surface area (TPSA) is 64.8 Å². The molecule has 0 saturated carbocycles. The Bertz CT molecular complexity index is 506. The van der Waals surface area contributed by atoms with E-state index in [0.717, 1.165) is 0 Å². The van der Waals surface area contributed by atoms with Crippen LogP contribution in [-0.2, 0) is 0 Å². The van der Waals surface area contributed by atoms with Gasteiger partial charge in [-0.05, 0) is 11.5 Å². The molecule has 1 heterocycles. The molecule has 2 N–H and O–H groups in total. The van der Waals surface area contributed by atoms with Crippen molar-refractivity contribution in [3.8, 4) is 11.5 Å². The van der Waals surface area contributed by atoms with Gasteiger partial charge in [-0.15, -0.1) is 0 Å². The summed E-state index contributed by atoms with van der Waals surface area (Å²) in [6, 6.07) is 3.29. The lowest BCUT2D eigenvalue weighted by molar-refractivity contribution is 0.0746. The van der Waals surface area contributed by atoms with Crippen LogP contribution in [0, 0.1) is 5.41 Å². The van der Waals surface area contributed by atoms with Crippen LogP contribution in [0.1, 0.15) is 31.1 Å². The van der Waals surface area contributed by atoms with Gasteiger partial charge in [0.2, 0.25) is 6.79 Å². The Morgan fingerprint density at radius 1 is 1.32 bits per heavy atom. The highest BCUT2D eigenvalue weighted by Crippen LogP contribution is 2.36. The van der Waals surface area contributed by atoms with Crippen molar-refractivity contribution >= 4 is 11.6 Å². The first-order valence-electron chi connectivity index (χ1n) is 6.22. The molecule has 1 aromatic carbocycles. The quantitative estimate of drug-likeness (QED) is 0.831. The van der Waals surface area contributed by atoms with Crippen LogP contribution in [0.3, 0.4) is 0 Å². The van der Waals surface area contributed by atoms with Crippen molar-refractivity contribution in [1.29, 1.82) is 0 Å². The first kappa shape index (κ1) is 13.5. The van der Waals surface area contributed by atoms with Crippen LogP contribution < -0.4 is 15.2 Å². The minimum absolute atomic E-state index is 0.0372. The molecule has 1 aromatic rings. The highest BCUT2D eigenvalue weighted by Gasteiger charge is 2.24. The molecule has 1 amide bonds. The number of nitrogens with two attached hydrogens (primary N) is 1. The third-order valence-corrected chi connectivity index (χ3v) is 2.83. The van der Waals surface area contributed by atoms with Gasteiger partial charge in [-0.25, -0.2) is 0 Å². The summed E-state index contributed by atoms with van der Waals surface area (Å²) in [4.78, 5) is 14.1. The smallest absolute Gasteiger partial charge is 0.255 e. The van der Waals surface area contributed by atoms with Gasteiger partial charge in [-0.3, -0.25) is 4.79 Å². The van der Waals surface area contributed by atoms with E-state index in [2.05, 4.69) is 20.8 Å². The average Bonchev–Trinajstić information content (AvgIpc) is 2.71. The van der Waals surface area contributed by atoms with Crippen LogP contribution in [0.25, 0.3) is 0 Å². The standard InChI is InChI=1S/C14H20N2O3/c1-14(2,3)7-16(4)13(17)9-5-11-12(6-10(9)15)19-8-18-11/h5-6H,7-8,15H2,1-4H3. The van der Waals surface area contributed by atoms with E-state index in [1.54, 1.807) is 24.1 Å². The van der Waals surface area contributed by atoms with Gasteiger partial charge < -0.3 is 20.1 Å². The van der Waals surface area contributed by atoms with Crippen molar-refractivity contribution in [2.75, 3.05) is 26.1 Å². The summed E-state index contributed by atoms with van der Waals surface area (Å²) in [6.07, 6.45) is 0. The third-order valence-electron chi connectivity index (χ3n) is 2.83. The molecule has 1 aliphatic rings. The van der Waals surface area contributed by atoms with Gasteiger partial charge in [-0.2, -0.15) is 0 Å². The van der Waals surface area contributed by atoms with Crippen LogP contribution in [0.4, 0.5) is 5.69 Å². The van der Waals surface area contributed by atoms with Crippen molar-refractivity contribution in [1.82, 2.24) is 4.90 Å². The Balaban J connectivity index is 2.24. The summed E-state index contributed by atoms with van der Waals surface area (Å²) in [5.41, 5.74) is 6.82. The second-order valence-corrected chi connectivity index (χ2v) is 6.01. The molecule has 0 aliphatic carbocycles. The molecule has 0 bridgehead atoms. The minimum Gasteiger partial charge on any atom is -0.454 e. The SMILES string of the molecule is CN(CC(C)(C)C)C(=O)c1cc2c(cc1N)OCO2. The van der Waals surface area contributed by atoms with E-state index in [1.807, 2.05) is 0 Å². The van der Waals surface area contributed by atoms with Crippen molar-refractivity contribution < 1.29 is 14.3 Å². The number of fused-ring (bicyclic) bond motifs is 1. The van der Waals surface area contributed by atoms with E-state index in [0.29, 0.717) is 29.3 Å². The molecule has 0 spiro atoms. The molecular weight excluding hydrogens is 244 g/mol. The summed E-state index contributed by atoms with van der Waals surface area (Å²) >= 11 is 0. The number of nitrogens with zero attached hydrogens (tertiary/aromatic N) is 1. The molecule has 0 aromatic heterocycles. The molecule has 1 aliphatic heterocycles. The second kappa shape index (κ2) is 4.64. The Kier molecular flexibility index (Phi) is 3.30. The molecule has 5 nitrogen and oxygen atoms in total. The lowest BCUT2D eigenvalue weighted by atomic mass is 9.96. The first-order valence-corrected chi connectivity index (χ1v) is 6.22. The first-order chi connectivity index (χ1) is 8.78. The van der Waals surface area contributed by atoms with Crippen molar-refractivity contribution in [3.63, 3.8) is 0 Å². The van der Waals surface area contributed by atoms with Crippen molar-refractivity contribution in [3.05, 3.63) is 17.7 Å². The number of anilines is 1. The van der Waals surface area contributed by atoms with Crippen LogP contribution in [0.2, 0.25) is 0 Å². The molecular formula is C14H20N2O3. The number of ether oxygens (including phenoxy) is 2. The Labute approximate surface area is 113 Å². The fourth-order valence-electron chi connectivity index (χ4n) is 2.13. The minimum atomic E-state index is -0.106. The highest BCUT2D eigenvalue weighted by molar-refractivity contribution is 6.00. The summed E-state index contributed by atoms with van der Waals surface area (Å²) in [5.74, 6) is 1.06. The van der Waals surface area contributed by atoms with Crippen LogP contribution in [0.5, 0.6) is 11.5 Å². The van der Waals surface area contributed by atoms with Crippen LogP contribution >= 0.6 is 0 Å². The van der Waals surface area contributed by atoms with Gasteiger partial charge in [0.15, 0.2) is 11.5 Å². The van der Waals surface area contributed by atoms with Crippen molar-refractivity contribution in [2.24, 2.45) is 5.41 Å². The molecule has 104 valence electrons.